The van der Waals surface area contributed by atoms with Crippen molar-refractivity contribution in [2.24, 2.45) is 0 Å². The molecule has 0 radical (unpaired) electrons. The number of amides is 1. The highest BCUT2D eigenvalue weighted by Crippen LogP contribution is 2.16. The molecule has 0 saturated carbocycles. The third-order valence-electron chi connectivity index (χ3n) is 2.79. The standard InChI is InChI=1S/C15H15BrN2O4S/c1-2-6-22-13-5-3-4-11(7-13)15(19)18-23(20,21)14-8-12(16)9-17-10-14/h3-5,7-10H,2,6H2,1H3,(H,18,19). The molecule has 1 amide bonds. The van der Waals surface area contributed by atoms with Gasteiger partial charge in [-0.1, -0.05) is 13.0 Å². The van der Waals surface area contributed by atoms with Crippen LogP contribution in [0.15, 0.2) is 52.1 Å². The molecule has 0 bridgehead atoms. The highest BCUT2D eigenvalue weighted by atomic mass is 79.9. The average molecular weight is 399 g/mol. The van der Waals surface area contributed by atoms with Crippen molar-refractivity contribution in [2.45, 2.75) is 18.2 Å². The Labute approximate surface area is 143 Å². The molecule has 6 nitrogen and oxygen atoms in total. The van der Waals surface area contributed by atoms with Crippen LogP contribution in [-0.2, 0) is 10.0 Å². The molecular weight excluding hydrogens is 384 g/mol. The number of halogens is 1. The highest BCUT2D eigenvalue weighted by molar-refractivity contribution is 9.10. The third kappa shape index (κ3) is 4.77. The maximum absolute atomic E-state index is 12.2. The molecule has 2 rings (SSSR count). The van der Waals surface area contributed by atoms with Gasteiger partial charge >= 0.3 is 0 Å². The van der Waals surface area contributed by atoms with Crippen molar-refractivity contribution in [1.29, 1.82) is 0 Å². The Bertz CT molecular complexity index is 809. The first kappa shape index (κ1) is 17.4. The lowest BCUT2D eigenvalue weighted by Gasteiger charge is -2.09. The van der Waals surface area contributed by atoms with Crippen LogP contribution in [0.4, 0.5) is 0 Å². The van der Waals surface area contributed by atoms with E-state index in [9.17, 15) is 13.2 Å². The second-order valence-corrected chi connectivity index (χ2v) is 7.25. The molecule has 1 aromatic carbocycles. The summed E-state index contributed by atoms with van der Waals surface area (Å²) in [6.45, 7) is 2.49. The number of ether oxygens (including phenoxy) is 1. The summed E-state index contributed by atoms with van der Waals surface area (Å²) in [6, 6.07) is 7.72. The van der Waals surface area contributed by atoms with E-state index < -0.39 is 15.9 Å². The molecule has 1 N–H and O–H groups in total. The summed E-state index contributed by atoms with van der Waals surface area (Å²) < 4.78 is 32.4. The second-order valence-electron chi connectivity index (χ2n) is 4.65. The molecule has 8 heteroatoms. The number of carbonyl (C=O) groups is 1. The summed E-state index contributed by atoms with van der Waals surface area (Å²) in [7, 11) is -3.99. The molecule has 0 aliphatic rings. The number of aromatic nitrogens is 1. The van der Waals surface area contributed by atoms with Crippen LogP contribution in [0.2, 0.25) is 0 Å². The summed E-state index contributed by atoms with van der Waals surface area (Å²) in [5.41, 5.74) is 0.199. The van der Waals surface area contributed by atoms with Gasteiger partial charge in [-0.15, -0.1) is 0 Å². The van der Waals surface area contributed by atoms with E-state index in [2.05, 4.69) is 20.9 Å². The summed E-state index contributed by atoms with van der Waals surface area (Å²) in [5.74, 6) is -0.215. The quantitative estimate of drug-likeness (QED) is 0.808. The summed E-state index contributed by atoms with van der Waals surface area (Å²) in [6.07, 6.45) is 3.46. The zero-order valence-corrected chi connectivity index (χ0v) is 14.7. The molecule has 0 aliphatic carbocycles. The Morgan fingerprint density at radius 3 is 2.78 bits per heavy atom. The molecule has 2 aromatic rings. The number of benzene rings is 1. The van der Waals surface area contributed by atoms with Crippen molar-refractivity contribution in [2.75, 3.05) is 6.61 Å². The fraction of sp³-hybridized carbons (Fsp3) is 0.200. The molecule has 1 aromatic heterocycles. The van der Waals surface area contributed by atoms with Gasteiger partial charge in [0.25, 0.3) is 15.9 Å². The summed E-state index contributed by atoms with van der Waals surface area (Å²) in [5, 5.41) is 0. The summed E-state index contributed by atoms with van der Waals surface area (Å²) in [4.78, 5) is 15.8. The van der Waals surface area contributed by atoms with E-state index in [0.717, 1.165) is 6.42 Å². The Kier molecular flexibility index (Phi) is 5.73. The van der Waals surface area contributed by atoms with Crippen molar-refractivity contribution in [3.05, 3.63) is 52.8 Å². The maximum Gasteiger partial charge on any atom is 0.265 e. The summed E-state index contributed by atoms with van der Waals surface area (Å²) >= 11 is 3.14. The normalized spacial score (nSPS) is 11.0. The minimum Gasteiger partial charge on any atom is -0.494 e. The van der Waals surface area contributed by atoms with E-state index in [4.69, 9.17) is 4.74 Å². The number of nitrogens with zero attached hydrogens (tertiary/aromatic N) is 1. The van der Waals surface area contributed by atoms with Crippen LogP contribution < -0.4 is 9.46 Å². The van der Waals surface area contributed by atoms with E-state index in [1.807, 2.05) is 11.6 Å². The first-order valence-corrected chi connectivity index (χ1v) is 9.10. The van der Waals surface area contributed by atoms with Crippen LogP contribution in [0.1, 0.15) is 23.7 Å². The zero-order chi connectivity index (χ0) is 16.9. The largest absolute Gasteiger partial charge is 0.494 e. The maximum atomic E-state index is 12.2. The predicted octanol–water partition coefficient (Wildman–Crippen LogP) is 2.75. The molecule has 0 fully saturated rings. The van der Waals surface area contributed by atoms with E-state index in [-0.39, 0.29) is 10.5 Å². The van der Waals surface area contributed by atoms with Crippen LogP contribution in [0.3, 0.4) is 0 Å². The van der Waals surface area contributed by atoms with Gasteiger partial charge in [0, 0.05) is 22.4 Å². The van der Waals surface area contributed by atoms with Crippen molar-refractivity contribution in [1.82, 2.24) is 9.71 Å². The molecular formula is C15H15BrN2O4S. The molecule has 0 spiro atoms. The monoisotopic (exact) mass is 398 g/mol. The Balaban J connectivity index is 2.18. The van der Waals surface area contributed by atoms with Gasteiger partial charge in [0.15, 0.2) is 0 Å². The fourth-order valence-electron chi connectivity index (χ4n) is 1.73. The van der Waals surface area contributed by atoms with Crippen LogP contribution in [-0.4, -0.2) is 25.9 Å². The smallest absolute Gasteiger partial charge is 0.265 e. The third-order valence-corrected chi connectivity index (χ3v) is 4.52. The van der Waals surface area contributed by atoms with Crippen molar-refractivity contribution in [3.8, 4) is 5.75 Å². The molecule has 0 saturated heterocycles. The number of rotatable bonds is 6. The van der Waals surface area contributed by atoms with E-state index in [1.54, 1.807) is 12.1 Å². The van der Waals surface area contributed by atoms with E-state index >= 15 is 0 Å². The minimum absolute atomic E-state index is 0.0985. The van der Waals surface area contributed by atoms with Gasteiger partial charge in [-0.3, -0.25) is 9.78 Å². The van der Waals surface area contributed by atoms with Gasteiger partial charge in [-0.2, -0.15) is 0 Å². The average Bonchev–Trinajstić information content (AvgIpc) is 2.53. The van der Waals surface area contributed by atoms with Crippen molar-refractivity contribution < 1.29 is 17.9 Å². The topological polar surface area (TPSA) is 85.4 Å². The van der Waals surface area contributed by atoms with Crippen molar-refractivity contribution in [3.63, 3.8) is 0 Å². The second kappa shape index (κ2) is 7.56. The van der Waals surface area contributed by atoms with Gasteiger partial charge in [0.2, 0.25) is 0 Å². The van der Waals surface area contributed by atoms with Gasteiger partial charge in [-0.05, 0) is 46.6 Å². The lowest BCUT2D eigenvalue weighted by atomic mass is 10.2. The first-order valence-electron chi connectivity index (χ1n) is 6.83. The number of hydrogen-bond acceptors (Lipinski definition) is 5. The Morgan fingerprint density at radius 1 is 1.30 bits per heavy atom. The molecule has 0 unspecified atom stereocenters. The van der Waals surface area contributed by atoms with Gasteiger partial charge in [-0.25, -0.2) is 13.1 Å². The predicted molar refractivity (Wildman–Crippen MR) is 88.8 cm³/mol. The zero-order valence-electron chi connectivity index (χ0n) is 12.3. The molecule has 23 heavy (non-hydrogen) atoms. The fourth-order valence-corrected chi connectivity index (χ4v) is 3.20. The van der Waals surface area contributed by atoms with Crippen LogP contribution >= 0.6 is 15.9 Å². The molecule has 1 heterocycles. The molecule has 0 aliphatic heterocycles. The lowest BCUT2D eigenvalue weighted by Crippen LogP contribution is -2.30. The van der Waals surface area contributed by atoms with Crippen LogP contribution in [0, 0.1) is 0 Å². The number of hydrogen-bond donors (Lipinski definition) is 1. The van der Waals surface area contributed by atoms with Crippen LogP contribution in [0.5, 0.6) is 5.75 Å². The van der Waals surface area contributed by atoms with Crippen LogP contribution in [0.25, 0.3) is 0 Å². The highest BCUT2D eigenvalue weighted by Gasteiger charge is 2.19. The lowest BCUT2D eigenvalue weighted by molar-refractivity contribution is 0.0981. The first-order chi connectivity index (χ1) is 10.9. The van der Waals surface area contributed by atoms with Crippen molar-refractivity contribution >= 4 is 31.9 Å². The number of carbonyl (C=O) groups excluding carboxylic acids is 1. The van der Waals surface area contributed by atoms with E-state index in [1.165, 1.54) is 30.6 Å². The Hall–Kier alpha value is -1.93. The molecule has 122 valence electrons. The minimum atomic E-state index is -3.99. The number of pyridine rings is 1. The Morgan fingerprint density at radius 2 is 2.09 bits per heavy atom. The SMILES string of the molecule is CCCOc1cccc(C(=O)NS(=O)(=O)c2cncc(Br)c2)c1. The van der Waals surface area contributed by atoms with Gasteiger partial charge in [0.05, 0.1) is 6.61 Å². The van der Waals surface area contributed by atoms with Gasteiger partial charge in [0.1, 0.15) is 10.6 Å². The number of nitrogens with one attached hydrogen (secondary N) is 1. The molecule has 0 atom stereocenters. The van der Waals surface area contributed by atoms with Gasteiger partial charge < -0.3 is 4.74 Å². The number of sulfonamides is 1. The van der Waals surface area contributed by atoms with E-state index in [0.29, 0.717) is 16.8 Å².